The molecule has 3 nitrogen and oxygen atoms in total. The highest BCUT2D eigenvalue weighted by molar-refractivity contribution is 4.80. The lowest BCUT2D eigenvalue weighted by atomic mass is 10.5. The van der Waals surface area contributed by atoms with Gasteiger partial charge in [-0.15, -0.1) is 0 Å². The fourth-order valence-corrected chi connectivity index (χ4v) is 0.575. The van der Waals surface area contributed by atoms with Gasteiger partial charge in [-0.2, -0.15) is 18.3 Å². The lowest BCUT2D eigenvalue weighted by Crippen LogP contribution is -2.26. The standard InChI is InChI=1S/C5H5F3N2O/c6-5(7,8)4(11)10-3-1-2-9-10/h1-4,11H. The van der Waals surface area contributed by atoms with Crippen LogP contribution < -0.4 is 0 Å². The SMILES string of the molecule is OC(n1cccn1)C(F)(F)F. The summed E-state index contributed by atoms with van der Waals surface area (Å²) >= 11 is 0. The zero-order valence-corrected chi connectivity index (χ0v) is 5.28. The number of aromatic nitrogens is 2. The predicted octanol–water partition coefficient (Wildman–Crippen LogP) is 0.936. The molecule has 0 amide bonds. The van der Waals surface area contributed by atoms with E-state index in [0.717, 1.165) is 12.4 Å². The van der Waals surface area contributed by atoms with E-state index in [4.69, 9.17) is 5.11 Å². The van der Waals surface area contributed by atoms with Crippen LogP contribution in [0.1, 0.15) is 6.23 Å². The van der Waals surface area contributed by atoms with Crippen LogP contribution in [-0.2, 0) is 0 Å². The Kier molecular flexibility index (Phi) is 1.86. The molecule has 0 aromatic carbocycles. The molecule has 1 heterocycles. The monoisotopic (exact) mass is 166 g/mol. The topological polar surface area (TPSA) is 38.0 Å². The minimum absolute atomic E-state index is 0.431. The molecule has 0 fully saturated rings. The molecule has 1 atom stereocenters. The zero-order chi connectivity index (χ0) is 8.48. The summed E-state index contributed by atoms with van der Waals surface area (Å²) in [5.41, 5.74) is 0. The largest absolute Gasteiger partial charge is 0.435 e. The van der Waals surface area contributed by atoms with Crippen molar-refractivity contribution in [3.8, 4) is 0 Å². The highest BCUT2D eigenvalue weighted by atomic mass is 19.4. The van der Waals surface area contributed by atoms with Gasteiger partial charge in [0, 0.05) is 12.4 Å². The Morgan fingerprint density at radius 3 is 2.45 bits per heavy atom. The minimum atomic E-state index is -4.66. The van der Waals surface area contributed by atoms with Crippen molar-refractivity contribution < 1.29 is 18.3 Å². The summed E-state index contributed by atoms with van der Waals surface area (Å²) in [4.78, 5) is 0. The number of aliphatic hydroxyl groups is 1. The molecule has 0 aliphatic carbocycles. The molecule has 1 rings (SSSR count). The first kappa shape index (κ1) is 8.06. The molecule has 0 aliphatic heterocycles. The first-order valence-electron chi connectivity index (χ1n) is 2.76. The third-order valence-electron chi connectivity index (χ3n) is 1.07. The Morgan fingerprint density at radius 2 is 2.09 bits per heavy atom. The quantitative estimate of drug-likeness (QED) is 0.674. The Balaban J connectivity index is 2.78. The normalized spacial score (nSPS) is 14.9. The van der Waals surface area contributed by atoms with Gasteiger partial charge in [0.1, 0.15) is 0 Å². The molecule has 0 radical (unpaired) electrons. The van der Waals surface area contributed by atoms with E-state index in [1.54, 1.807) is 0 Å². The fraction of sp³-hybridized carbons (Fsp3) is 0.400. The van der Waals surface area contributed by atoms with Crippen LogP contribution in [0.15, 0.2) is 18.5 Å². The maximum Gasteiger partial charge on any atom is 0.435 e. The number of hydrogen-bond acceptors (Lipinski definition) is 2. The van der Waals surface area contributed by atoms with E-state index in [0.29, 0.717) is 4.68 Å². The molecule has 62 valence electrons. The summed E-state index contributed by atoms with van der Waals surface area (Å²) in [6.45, 7) is 0. The molecule has 1 aromatic heterocycles. The van der Waals surface area contributed by atoms with Crippen LogP contribution in [0.25, 0.3) is 0 Å². The lowest BCUT2D eigenvalue weighted by Gasteiger charge is -2.13. The number of hydrogen-bond donors (Lipinski definition) is 1. The first-order chi connectivity index (χ1) is 5.02. The van der Waals surface area contributed by atoms with Crippen molar-refractivity contribution in [2.45, 2.75) is 12.4 Å². The molecule has 1 N–H and O–H groups in total. The second-order valence-electron chi connectivity index (χ2n) is 1.90. The summed E-state index contributed by atoms with van der Waals surface area (Å²) in [6, 6.07) is 1.30. The summed E-state index contributed by atoms with van der Waals surface area (Å²) in [7, 11) is 0. The molecule has 0 saturated heterocycles. The van der Waals surface area contributed by atoms with Crippen molar-refractivity contribution in [2.24, 2.45) is 0 Å². The molecule has 6 heteroatoms. The molecular formula is C5H5F3N2O. The molecule has 0 saturated carbocycles. The summed E-state index contributed by atoms with van der Waals surface area (Å²) in [5.74, 6) is 0. The Labute approximate surface area is 60.1 Å². The van der Waals surface area contributed by atoms with E-state index < -0.39 is 12.4 Å². The Morgan fingerprint density at radius 1 is 1.45 bits per heavy atom. The lowest BCUT2D eigenvalue weighted by molar-refractivity contribution is -0.235. The summed E-state index contributed by atoms with van der Waals surface area (Å²) < 4.78 is 35.5. The Hall–Kier alpha value is -1.04. The van der Waals surface area contributed by atoms with Gasteiger partial charge in [-0.1, -0.05) is 0 Å². The molecular weight excluding hydrogens is 161 g/mol. The van der Waals surface area contributed by atoms with Crippen LogP contribution in [0.2, 0.25) is 0 Å². The second-order valence-corrected chi connectivity index (χ2v) is 1.90. The van der Waals surface area contributed by atoms with Crippen LogP contribution >= 0.6 is 0 Å². The average molecular weight is 166 g/mol. The van der Waals surface area contributed by atoms with E-state index in [9.17, 15) is 13.2 Å². The van der Waals surface area contributed by atoms with Crippen molar-refractivity contribution in [1.29, 1.82) is 0 Å². The number of alkyl halides is 3. The van der Waals surface area contributed by atoms with Crippen LogP contribution in [0.4, 0.5) is 13.2 Å². The molecule has 0 bridgehead atoms. The van der Waals surface area contributed by atoms with Gasteiger partial charge in [0.05, 0.1) is 0 Å². The maximum atomic E-state index is 11.7. The van der Waals surface area contributed by atoms with Crippen molar-refractivity contribution in [3.63, 3.8) is 0 Å². The molecule has 1 unspecified atom stereocenters. The van der Waals surface area contributed by atoms with Gasteiger partial charge in [0.25, 0.3) is 0 Å². The molecule has 11 heavy (non-hydrogen) atoms. The van der Waals surface area contributed by atoms with Gasteiger partial charge in [0.15, 0.2) is 0 Å². The fourth-order valence-electron chi connectivity index (χ4n) is 0.575. The van der Waals surface area contributed by atoms with Crippen LogP contribution in [0.5, 0.6) is 0 Å². The van der Waals surface area contributed by atoms with Gasteiger partial charge in [-0.25, -0.2) is 4.68 Å². The number of nitrogens with zero attached hydrogens (tertiary/aromatic N) is 2. The van der Waals surface area contributed by atoms with Crippen molar-refractivity contribution >= 4 is 0 Å². The summed E-state index contributed by atoms with van der Waals surface area (Å²) in [6.07, 6.45) is -5.00. The number of halogens is 3. The average Bonchev–Trinajstić information content (AvgIpc) is 2.34. The molecule has 0 spiro atoms. The van der Waals surface area contributed by atoms with Crippen molar-refractivity contribution in [3.05, 3.63) is 18.5 Å². The second kappa shape index (κ2) is 2.54. The third-order valence-corrected chi connectivity index (χ3v) is 1.07. The first-order valence-corrected chi connectivity index (χ1v) is 2.76. The van der Waals surface area contributed by atoms with E-state index in [1.165, 1.54) is 6.07 Å². The highest BCUT2D eigenvalue weighted by Gasteiger charge is 2.39. The van der Waals surface area contributed by atoms with Crippen LogP contribution in [-0.4, -0.2) is 21.1 Å². The smallest absolute Gasteiger partial charge is 0.365 e. The van der Waals surface area contributed by atoms with Crippen molar-refractivity contribution in [2.75, 3.05) is 0 Å². The zero-order valence-electron chi connectivity index (χ0n) is 5.28. The highest BCUT2D eigenvalue weighted by Crippen LogP contribution is 2.26. The van der Waals surface area contributed by atoms with Crippen LogP contribution in [0, 0.1) is 0 Å². The van der Waals surface area contributed by atoms with E-state index in [2.05, 4.69) is 5.10 Å². The number of aliphatic hydroxyl groups excluding tert-OH is 1. The van der Waals surface area contributed by atoms with Gasteiger partial charge in [0.2, 0.25) is 6.23 Å². The summed E-state index contributed by atoms with van der Waals surface area (Å²) in [5, 5.41) is 11.8. The van der Waals surface area contributed by atoms with Gasteiger partial charge >= 0.3 is 6.18 Å². The predicted molar refractivity (Wildman–Crippen MR) is 29.5 cm³/mol. The molecule has 1 aromatic rings. The Bertz CT molecular complexity index is 218. The van der Waals surface area contributed by atoms with E-state index >= 15 is 0 Å². The minimum Gasteiger partial charge on any atom is -0.365 e. The third kappa shape index (κ3) is 1.70. The van der Waals surface area contributed by atoms with Crippen molar-refractivity contribution in [1.82, 2.24) is 9.78 Å². The van der Waals surface area contributed by atoms with E-state index in [1.807, 2.05) is 0 Å². The molecule has 0 aliphatic rings. The van der Waals surface area contributed by atoms with E-state index in [-0.39, 0.29) is 0 Å². The van der Waals surface area contributed by atoms with Gasteiger partial charge in [-0.05, 0) is 6.07 Å². The van der Waals surface area contributed by atoms with Gasteiger partial charge in [-0.3, -0.25) is 0 Å². The van der Waals surface area contributed by atoms with Crippen LogP contribution in [0.3, 0.4) is 0 Å². The van der Waals surface area contributed by atoms with Gasteiger partial charge < -0.3 is 5.11 Å². The maximum absolute atomic E-state index is 11.7. The number of rotatable bonds is 1.